The molecule has 1 aromatic rings. The minimum atomic E-state index is -4.44. The second kappa shape index (κ2) is 5.49. The van der Waals surface area contributed by atoms with Gasteiger partial charge in [0.15, 0.2) is 0 Å². The van der Waals surface area contributed by atoms with Crippen molar-refractivity contribution in [3.63, 3.8) is 0 Å². The maximum atomic E-state index is 12.6. The second-order valence-corrected chi connectivity index (χ2v) is 5.05. The van der Waals surface area contributed by atoms with E-state index in [0.29, 0.717) is 12.8 Å². The molecule has 0 saturated heterocycles. The number of anilines is 1. The third-order valence-electron chi connectivity index (χ3n) is 2.97. The number of hydrazine groups is 1. The van der Waals surface area contributed by atoms with E-state index in [9.17, 15) is 18.0 Å². The number of alkyl halides is 3. The predicted molar refractivity (Wildman–Crippen MR) is 69.4 cm³/mol. The van der Waals surface area contributed by atoms with Crippen LogP contribution in [0.1, 0.15) is 23.2 Å². The van der Waals surface area contributed by atoms with Gasteiger partial charge in [-0.15, -0.1) is 0 Å². The van der Waals surface area contributed by atoms with Crippen LogP contribution in [0.2, 0.25) is 5.02 Å². The first kappa shape index (κ1) is 14.9. The van der Waals surface area contributed by atoms with Crippen molar-refractivity contribution >= 4 is 23.2 Å². The maximum Gasteiger partial charge on any atom is 0.406 e. The normalized spacial score (nSPS) is 15.1. The summed E-state index contributed by atoms with van der Waals surface area (Å²) >= 11 is 5.79. The number of rotatable bonds is 4. The van der Waals surface area contributed by atoms with Gasteiger partial charge in [0, 0.05) is 11.1 Å². The number of benzene rings is 1. The molecule has 0 atom stereocenters. The number of amides is 1. The first-order valence-electron chi connectivity index (χ1n) is 5.95. The average molecular weight is 308 g/mol. The minimum absolute atomic E-state index is 0.0381. The highest BCUT2D eigenvalue weighted by molar-refractivity contribution is 6.31. The van der Waals surface area contributed by atoms with Crippen LogP contribution in [-0.4, -0.2) is 29.6 Å². The Labute approximate surface area is 118 Å². The van der Waals surface area contributed by atoms with Gasteiger partial charge in [0.25, 0.3) is 5.91 Å². The third-order valence-corrected chi connectivity index (χ3v) is 3.20. The summed E-state index contributed by atoms with van der Waals surface area (Å²) < 4.78 is 37.7. The van der Waals surface area contributed by atoms with Gasteiger partial charge in [-0.1, -0.05) is 11.6 Å². The Kier molecular flexibility index (Phi) is 4.10. The lowest BCUT2D eigenvalue weighted by Crippen LogP contribution is -2.40. The molecule has 1 fully saturated rings. The molecule has 0 aromatic heterocycles. The Morgan fingerprint density at radius 1 is 1.45 bits per heavy atom. The van der Waals surface area contributed by atoms with Crippen molar-refractivity contribution in [1.29, 1.82) is 0 Å². The largest absolute Gasteiger partial charge is 0.406 e. The number of nitrogen functional groups attached to an aromatic ring is 1. The van der Waals surface area contributed by atoms with Crippen molar-refractivity contribution in [1.82, 2.24) is 4.90 Å². The quantitative estimate of drug-likeness (QED) is 0.664. The molecule has 0 heterocycles. The van der Waals surface area contributed by atoms with Gasteiger partial charge in [0.1, 0.15) is 6.54 Å². The van der Waals surface area contributed by atoms with Crippen LogP contribution in [0.4, 0.5) is 18.9 Å². The monoisotopic (exact) mass is 307 g/mol. The van der Waals surface area contributed by atoms with E-state index in [1.54, 1.807) is 0 Å². The van der Waals surface area contributed by atoms with E-state index >= 15 is 0 Å². The van der Waals surface area contributed by atoms with Gasteiger partial charge in [0.2, 0.25) is 0 Å². The smallest absolute Gasteiger partial charge is 0.326 e. The van der Waals surface area contributed by atoms with E-state index < -0.39 is 18.6 Å². The molecule has 8 heteroatoms. The van der Waals surface area contributed by atoms with Crippen LogP contribution in [0.5, 0.6) is 0 Å². The summed E-state index contributed by atoms with van der Waals surface area (Å²) in [6.45, 7) is -1.27. The Balaban J connectivity index is 2.30. The molecular weight excluding hydrogens is 295 g/mol. The zero-order valence-corrected chi connectivity index (χ0v) is 11.1. The lowest BCUT2D eigenvalue weighted by Gasteiger charge is -2.24. The number of nitrogens with one attached hydrogen (secondary N) is 1. The lowest BCUT2D eigenvalue weighted by atomic mass is 10.1. The summed E-state index contributed by atoms with van der Waals surface area (Å²) in [6, 6.07) is 3.89. The summed E-state index contributed by atoms with van der Waals surface area (Å²) in [6.07, 6.45) is -3.28. The molecule has 1 saturated carbocycles. The van der Waals surface area contributed by atoms with Crippen molar-refractivity contribution in [3.8, 4) is 0 Å². The number of carbonyl (C=O) groups excluding carboxylic acids is 1. The average Bonchev–Trinajstić information content (AvgIpc) is 3.18. The molecule has 0 spiro atoms. The molecule has 110 valence electrons. The SMILES string of the molecule is NNc1ccc(Cl)cc1C(=O)N(CC(F)(F)F)C1CC1. The van der Waals surface area contributed by atoms with Crippen molar-refractivity contribution in [2.45, 2.75) is 25.1 Å². The van der Waals surface area contributed by atoms with Crippen molar-refractivity contribution in [2.75, 3.05) is 12.0 Å². The van der Waals surface area contributed by atoms with E-state index in [1.165, 1.54) is 18.2 Å². The van der Waals surface area contributed by atoms with Crippen molar-refractivity contribution in [3.05, 3.63) is 28.8 Å². The number of nitrogens with zero attached hydrogens (tertiary/aromatic N) is 1. The first-order chi connectivity index (χ1) is 9.31. The third kappa shape index (κ3) is 3.55. The van der Waals surface area contributed by atoms with Gasteiger partial charge < -0.3 is 10.3 Å². The Hall–Kier alpha value is -1.47. The van der Waals surface area contributed by atoms with Gasteiger partial charge in [0.05, 0.1) is 11.3 Å². The van der Waals surface area contributed by atoms with Crippen LogP contribution in [0.15, 0.2) is 18.2 Å². The molecule has 1 aliphatic rings. The Morgan fingerprint density at radius 3 is 2.60 bits per heavy atom. The molecule has 20 heavy (non-hydrogen) atoms. The fourth-order valence-corrected chi connectivity index (χ4v) is 2.09. The van der Waals surface area contributed by atoms with E-state index in [4.69, 9.17) is 17.4 Å². The molecule has 0 radical (unpaired) electrons. The van der Waals surface area contributed by atoms with Gasteiger partial charge in [-0.25, -0.2) is 0 Å². The lowest BCUT2D eigenvalue weighted by molar-refractivity contribution is -0.141. The highest BCUT2D eigenvalue weighted by Gasteiger charge is 2.41. The number of halogens is 4. The highest BCUT2D eigenvalue weighted by Crippen LogP contribution is 2.33. The predicted octanol–water partition coefficient (Wildman–Crippen LogP) is 2.79. The van der Waals surface area contributed by atoms with Crippen molar-refractivity contribution < 1.29 is 18.0 Å². The zero-order chi connectivity index (χ0) is 14.9. The molecule has 0 aliphatic heterocycles. The van der Waals surface area contributed by atoms with Crippen LogP contribution in [0.25, 0.3) is 0 Å². The molecular formula is C12H13ClF3N3O. The van der Waals surface area contributed by atoms with Gasteiger partial charge in [-0.05, 0) is 31.0 Å². The molecule has 1 aromatic carbocycles. The van der Waals surface area contributed by atoms with E-state index in [-0.39, 0.29) is 22.3 Å². The van der Waals surface area contributed by atoms with Gasteiger partial charge in [-0.3, -0.25) is 10.6 Å². The topological polar surface area (TPSA) is 58.4 Å². The second-order valence-electron chi connectivity index (χ2n) is 4.61. The number of nitrogens with two attached hydrogens (primary N) is 1. The van der Waals surface area contributed by atoms with E-state index in [2.05, 4.69) is 5.43 Å². The van der Waals surface area contributed by atoms with Gasteiger partial charge in [-0.2, -0.15) is 13.2 Å². The van der Waals surface area contributed by atoms with Crippen LogP contribution in [-0.2, 0) is 0 Å². The van der Waals surface area contributed by atoms with Gasteiger partial charge >= 0.3 is 6.18 Å². The van der Waals surface area contributed by atoms with E-state index in [0.717, 1.165) is 4.90 Å². The number of hydrogen-bond acceptors (Lipinski definition) is 3. The summed E-state index contributed by atoms with van der Waals surface area (Å²) in [5.41, 5.74) is 2.57. The number of carbonyl (C=O) groups is 1. The standard InChI is InChI=1S/C12H13ClF3N3O/c13-7-1-4-10(18-17)9(5-7)11(20)19(8-2-3-8)6-12(14,15)16/h1,4-5,8,18H,2-3,6,17H2. The van der Waals surface area contributed by atoms with Crippen molar-refractivity contribution in [2.24, 2.45) is 5.84 Å². The fourth-order valence-electron chi connectivity index (χ4n) is 1.92. The Bertz CT molecular complexity index is 517. The van der Waals surface area contributed by atoms with Crippen LogP contribution in [0, 0.1) is 0 Å². The molecule has 0 unspecified atom stereocenters. The summed E-state index contributed by atoms with van der Waals surface area (Å²) in [5.74, 6) is 4.55. The summed E-state index contributed by atoms with van der Waals surface area (Å²) in [4.78, 5) is 13.1. The summed E-state index contributed by atoms with van der Waals surface area (Å²) in [7, 11) is 0. The fraction of sp³-hybridized carbons (Fsp3) is 0.417. The zero-order valence-electron chi connectivity index (χ0n) is 10.4. The summed E-state index contributed by atoms with van der Waals surface area (Å²) in [5, 5.41) is 0.259. The van der Waals surface area contributed by atoms with E-state index in [1.807, 2.05) is 0 Å². The molecule has 1 amide bonds. The molecule has 3 N–H and O–H groups in total. The van der Waals surface area contributed by atoms with Crippen LogP contribution < -0.4 is 11.3 Å². The Morgan fingerprint density at radius 2 is 2.10 bits per heavy atom. The van der Waals surface area contributed by atoms with Crippen LogP contribution in [0.3, 0.4) is 0 Å². The molecule has 4 nitrogen and oxygen atoms in total. The molecule has 2 rings (SSSR count). The van der Waals surface area contributed by atoms with Crippen LogP contribution >= 0.6 is 11.6 Å². The maximum absolute atomic E-state index is 12.6. The molecule has 0 bridgehead atoms. The first-order valence-corrected chi connectivity index (χ1v) is 6.33. The number of hydrogen-bond donors (Lipinski definition) is 2. The highest BCUT2D eigenvalue weighted by atomic mass is 35.5. The minimum Gasteiger partial charge on any atom is -0.326 e. The molecule has 1 aliphatic carbocycles.